The van der Waals surface area contributed by atoms with Crippen LogP contribution >= 0.6 is 0 Å². The van der Waals surface area contributed by atoms with Gasteiger partial charge in [0.1, 0.15) is 0 Å². The molecule has 1 fully saturated rings. The molecule has 0 atom stereocenters. The van der Waals surface area contributed by atoms with E-state index in [1.807, 2.05) is 0 Å². The zero-order chi connectivity index (χ0) is 9.57. The second kappa shape index (κ2) is 4.29. The number of likely N-dealkylation sites (tertiary alicyclic amines) is 1. The molecule has 75 valence electrons. The van der Waals surface area contributed by atoms with Gasteiger partial charge in [0, 0.05) is 43.8 Å². The summed E-state index contributed by atoms with van der Waals surface area (Å²) >= 11 is 0. The van der Waals surface area contributed by atoms with Gasteiger partial charge in [-0.1, -0.05) is 6.92 Å². The second-order valence-corrected chi connectivity index (χ2v) is 5.70. The van der Waals surface area contributed by atoms with Crippen molar-refractivity contribution in [3.8, 4) is 0 Å². The Balaban J connectivity index is 0.00000144. The predicted molar refractivity (Wildman–Crippen MR) is 54.3 cm³/mol. The van der Waals surface area contributed by atoms with E-state index in [4.69, 9.17) is 0 Å². The molecule has 1 aliphatic rings. The summed E-state index contributed by atoms with van der Waals surface area (Å²) in [6, 6.07) is 0. The summed E-state index contributed by atoms with van der Waals surface area (Å²) in [5, 5.41) is 0. The van der Waals surface area contributed by atoms with Crippen molar-refractivity contribution in [2.75, 3.05) is 7.05 Å². The molecule has 1 rings (SSSR count). The average molecular weight is 258 g/mol. The third-order valence-electron chi connectivity index (χ3n) is 3.51. The van der Waals surface area contributed by atoms with Crippen molar-refractivity contribution < 1.29 is 32.7 Å². The quantitative estimate of drug-likeness (QED) is 0.645. The first-order chi connectivity index (χ1) is 5.26. The Bertz CT molecular complexity index is 157. The maximum atomic E-state index is 2.53. The summed E-state index contributed by atoms with van der Waals surface area (Å²) in [7, 11) is 2.26. The van der Waals surface area contributed by atoms with E-state index in [2.05, 4.69) is 46.6 Å². The molecule has 1 radical (unpaired) electrons. The van der Waals surface area contributed by atoms with Crippen LogP contribution in [0, 0.1) is 5.92 Å². The van der Waals surface area contributed by atoms with Gasteiger partial charge >= 0.3 is 0 Å². The average Bonchev–Trinajstić information content (AvgIpc) is 1.80. The number of nitrogens with zero attached hydrogens (tertiary/aromatic N) is 1. The van der Waals surface area contributed by atoms with Crippen LogP contribution in [0.15, 0.2) is 0 Å². The molecule has 0 saturated carbocycles. The van der Waals surface area contributed by atoms with Crippen molar-refractivity contribution in [2.45, 2.75) is 58.5 Å². The van der Waals surface area contributed by atoms with Crippen LogP contribution in [0.25, 0.3) is 0 Å². The molecule has 0 aromatic carbocycles. The van der Waals surface area contributed by atoms with E-state index in [1.165, 1.54) is 12.8 Å². The summed E-state index contributed by atoms with van der Waals surface area (Å²) in [5.74, 6) is 0.867. The van der Waals surface area contributed by atoms with Gasteiger partial charge in [0.2, 0.25) is 0 Å². The van der Waals surface area contributed by atoms with Crippen molar-refractivity contribution in [1.29, 1.82) is 0 Å². The SMILES string of the molecule is CC1CC(C)(C)N(C)C(C)(C)C1.[Y]. The molecule has 0 aliphatic carbocycles. The van der Waals surface area contributed by atoms with Crippen LogP contribution in [0.3, 0.4) is 0 Å². The van der Waals surface area contributed by atoms with Gasteiger partial charge in [-0.05, 0) is 53.5 Å². The first-order valence-electron chi connectivity index (χ1n) is 5.00. The van der Waals surface area contributed by atoms with Crippen molar-refractivity contribution in [3.63, 3.8) is 0 Å². The van der Waals surface area contributed by atoms with Gasteiger partial charge in [-0.3, -0.25) is 4.90 Å². The van der Waals surface area contributed by atoms with Gasteiger partial charge in [-0.25, -0.2) is 0 Å². The minimum Gasteiger partial charge on any atom is -0.296 e. The zero-order valence-electron chi connectivity index (χ0n) is 10.0. The fourth-order valence-electron chi connectivity index (χ4n) is 2.87. The standard InChI is InChI=1S/C11H23N.Y/c1-9-7-10(2,3)12(6)11(4,5)8-9;/h9H,7-8H2,1-6H3;. The van der Waals surface area contributed by atoms with E-state index in [9.17, 15) is 0 Å². The number of piperidine rings is 1. The van der Waals surface area contributed by atoms with E-state index < -0.39 is 0 Å². The van der Waals surface area contributed by atoms with Crippen LogP contribution in [0.5, 0.6) is 0 Å². The minimum absolute atomic E-state index is 0. The molecule has 0 unspecified atom stereocenters. The van der Waals surface area contributed by atoms with E-state index in [1.54, 1.807) is 0 Å². The van der Waals surface area contributed by atoms with Crippen LogP contribution in [0.1, 0.15) is 47.5 Å². The molecule has 0 aromatic heterocycles. The topological polar surface area (TPSA) is 3.24 Å². The molecular formula is C11H23NY. The Morgan fingerprint density at radius 3 is 1.62 bits per heavy atom. The van der Waals surface area contributed by atoms with Crippen LogP contribution < -0.4 is 0 Å². The fraction of sp³-hybridized carbons (Fsp3) is 1.00. The Morgan fingerprint density at radius 2 is 1.31 bits per heavy atom. The Labute approximate surface area is 109 Å². The molecule has 1 heterocycles. The summed E-state index contributed by atoms with van der Waals surface area (Å²) < 4.78 is 0. The van der Waals surface area contributed by atoms with Gasteiger partial charge in [-0.2, -0.15) is 0 Å². The Kier molecular flexibility index (Phi) is 4.64. The zero-order valence-corrected chi connectivity index (χ0v) is 12.9. The van der Waals surface area contributed by atoms with Crippen molar-refractivity contribution in [1.82, 2.24) is 4.90 Å². The van der Waals surface area contributed by atoms with Gasteiger partial charge in [0.05, 0.1) is 0 Å². The molecule has 0 N–H and O–H groups in total. The van der Waals surface area contributed by atoms with E-state index in [0.717, 1.165) is 5.92 Å². The maximum Gasteiger partial charge on any atom is 0.0158 e. The van der Waals surface area contributed by atoms with E-state index >= 15 is 0 Å². The summed E-state index contributed by atoms with van der Waals surface area (Å²) in [5.41, 5.74) is 0.752. The summed E-state index contributed by atoms with van der Waals surface area (Å²) in [6.07, 6.45) is 2.65. The van der Waals surface area contributed by atoms with Gasteiger partial charge < -0.3 is 0 Å². The number of rotatable bonds is 0. The summed E-state index contributed by atoms with van der Waals surface area (Å²) in [4.78, 5) is 2.53. The molecule has 0 amide bonds. The van der Waals surface area contributed by atoms with Crippen molar-refractivity contribution in [3.05, 3.63) is 0 Å². The van der Waals surface area contributed by atoms with Crippen molar-refractivity contribution in [2.24, 2.45) is 5.92 Å². The summed E-state index contributed by atoms with van der Waals surface area (Å²) in [6.45, 7) is 11.8. The van der Waals surface area contributed by atoms with Crippen LogP contribution in [-0.4, -0.2) is 23.0 Å². The largest absolute Gasteiger partial charge is 0.296 e. The molecule has 2 heteroatoms. The van der Waals surface area contributed by atoms with E-state index in [-0.39, 0.29) is 32.7 Å². The molecular weight excluding hydrogens is 235 g/mol. The molecule has 0 spiro atoms. The minimum atomic E-state index is 0. The molecule has 1 nitrogen and oxygen atoms in total. The number of hydrogen-bond acceptors (Lipinski definition) is 1. The monoisotopic (exact) mass is 258 g/mol. The maximum absolute atomic E-state index is 2.53. The van der Waals surface area contributed by atoms with Gasteiger partial charge in [0.15, 0.2) is 0 Å². The molecule has 1 saturated heterocycles. The predicted octanol–water partition coefficient (Wildman–Crippen LogP) is 2.90. The molecule has 0 aromatic rings. The van der Waals surface area contributed by atoms with Crippen LogP contribution in [-0.2, 0) is 32.7 Å². The fourth-order valence-corrected chi connectivity index (χ4v) is 2.87. The number of hydrogen-bond donors (Lipinski definition) is 0. The third-order valence-corrected chi connectivity index (χ3v) is 3.51. The smallest absolute Gasteiger partial charge is 0.0158 e. The van der Waals surface area contributed by atoms with Gasteiger partial charge in [-0.15, -0.1) is 0 Å². The third kappa shape index (κ3) is 3.01. The Morgan fingerprint density at radius 1 is 1.00 bits per heavy atom. The second-order valence-electron chi connectivity index (χ2n) is 5.70. The Hall–Kier alpha value is 1.06. The first kappa shape index (κ1) is 14.1. The van der Waals surface area contributed by atoms with Crippen molar-refractivity contribution >= 4 is 0 Å². The molecule has 1 aliphatic heterocycles. The first-order valence-corrected chi connectivity index (χ1v) is 5.00. The van der Waals surface area contributed by atoms with Gasteiger partial charge in [0.25, 0.3) is 0 Å². The molecule has 0 bridgehead atoms. The normalized spacial score (nSPS) is 28.2. The van der Waals surface area contributed by atoms with Crippen LogP contribution in [0.4, 0.5) is 0 Å². The van der Waals surface area contributed by atoms with Crippen LogP contribution in [0.2, 0.25) is 0 Å². The van der Waals surface area contributed by atoms with E-state index in [0.29, 0.717) is 11.1 Å². The molecule has 13 heavy (non-hydrogen) atoms.